The molecule has 1 unspecified atom stereocenters. The molecule has 3 aromatic rings. The van der Waals surface area contributed by atoms with Crippen molar-refractivity contribution in [3.63, 3.8) is 0 Å². The van der Waals surface area contributed by atoms with Gasteiger partial charge in [-0.25, -0.2) is 4.68 Å². The van der Waals surface area contributed by atoms with Crippen LogP contribution in [-0.2, 0) is 6.54 Å². The van der Waals surface area contributed by atoms with Crippen molar-refractivity contribution in [3.8, 4) is 0 Å². The minimum atomic E-state index is -0.333. The van der Waals surface area contributed by atoms with Gasteiger partial charge in [0.2, 0.25) is 0 Å². The lowest BCUT2D eigenvalue weighted by molar-refractivity contribution is 0.0929. The number of hydrogen-bond acceptors (Lipinski definition) is 4. The van der Waals surface area contributed by atoms with Gasteiger partial charge in [0.1, 0.15) is 11.5 Å². The summed E-state index contributed by atoms with van der Waals surface area (Å²) in [7, 11) is 0. The zero-order valence-electron chi connectivity index (χ0n) is 15.4. The van der Waals surface area contributed by atoms with E-state index in [1.54, 1.807) is 24.3 Å². The maximum atomic E-state index is 12.9. The largest absolute Gasteiger partial charge is 0.464 e. The fourth-order valence-corrected chi connectivity index (χ4v) is 2.89. The number of benzene rings is 1. The molecule has 0 saturated heterocycles. The van der Waals surface area contributed by atoms with Crippen LogP contribution in [0.15, 0.2) is 45.6 Å². The molecule has 6 nitrogen and oxygen atoms in total. The second-order valence-corrected chi connectivity index (χ2v) is 6.92. The normalized spacial score (nSPS) is 12.5. The van der Waals surface area contributed by atoms with Crippen LogP contribution >= 0.6 is 0 Å². The van der Waals surface area contributed by atoms with Gasteiger partial charge in [0.05, 0.1) is 11.4 Å². The van der Waals surface area contributed by atoms with Crippen LogP contribution < -0.4 is 10.9 Å². The van der Waals surface area contributed by atoms with Crippen LogP contribution in [0.1, 0.15) is 48.8 Å². The Morgan fingerprint density at radius 1 is 1.15 bits per heavy atom. The van der Waals surface area contributed by atoms with Crippen molar-refractivity contribution in [1.82, 2.24) is 15.1 Å². The zero-order valence-corrected chi connectivity index (χ0v) is 15.4. The highest BCUT2D eigenvalue weighted by Gasteiger charge is 2.20. The molecule has 0 aliphatic carbocycles. The molecule has 3 rings (SSSR count). The summed E-state index contributed by atoms with van der Waals surface area (Å²) in [6.07, 6.45) is 0. The van der Waals surface area contributed by atoms with E-state index < -0.39 is 0 Å². The van der Waals surface area contributed by atoms with E-state index in [-0.39, 0.29) is 29.1 Å². The van der Waals surface area contributed by atoms with Crippen LogP contribution in [0.3, 0.4) is 0 Å². The Kier molecular flexibility index (Phi) is 4.93. The lowest BCUT2D eigenvalue weighted by Gasteiger charge is -2.15. The van der Waals surface area contributed by atoms with Gasteiger partial charge in [0.25, 0.3) is 11.5 Å². The van der Waals surface area contributed by atoms with Gasteiger partial charge in [-0.15, -0.1) is 0 Å². The average molecular weight is 353 g/mol. The van der Waals surface area contributed by atoms with Crippen molar-refractivity contribution in [2.45, 2.75) is 40.3 Å². The van der Waals surface area contributed by atoms with Crippen LogP contribution in [0, 0.1) is 12.8 Å². The number of aryl methyl sites for hydroxylation is 1. The van der Waals surface area contributed by atoms with Gasteiger partial charge in [-0.05, 0) is 38.0 Å². The van der Waals surface area contributed by atoms with Gasteiger partial charge < -0.3 is 9.73 Å². The number of furan rings is 1. The Labute approximate surface area is 151 Å². The summed E-state index contributed by atoms with van der Waals surface area (Å²) in [6, 6.07) is 10.5. The molecule has 0 fully saturated rings. The summed E-state index contributed by atoms with van der Waals surface area (Å²) < 4.78 is 6.95. The molecule has 0 saturated carbocycles. The molecule has 1 amide bonds. The third kappa shape index (κ3) is 3.54. The first kappa shape index (κ1) is 17.9. The van der Waals surface area contributed by atoms with Crippen molar-refractivity contribution < 1.29 is 9.21 Å². The summed E-state index contributed by atoms with van der Waals surface area (Å²) in [4.78, 5) is 25.5. The molecule has 0 aliphatic rings. The number of carbonyl (C=O) groups is 1. The number of carbonyl (C=O) groups excluding carboxylic acids is 1. The van der Waals surface area contributed by atoms with E-state index in [2.05, 4.69) is 10.4 Å². The van der Waals surface area contributed by atoms with E-state index in [1.807, 2.05) is 39.8 Å². The van der Waals surface area contributed by atoms with Crippen LogP contribution in [0.4, 0.5) is 0 Å². The van der Waals surface area contributed by atoms with Crippen LogP contribution in [0.25, 0.3) is 10.8 Å². The van der Waals surface area contributed by atoms with Crippen molar-refractivity contribution in [3.05, 3.63) is 64.0 Å². The SMILES string of the molecule is Cc1ccc(C(C)NC(=O)c2nn(CC(C)C)c(=O)c3ccccc23)o1. The van der Waals surface area contributed by atoms with Gasteiger partial charge in [0.15, 0.2) is 5.69 Å². The quantitative estimate of drug-likeness (QED) is 0.762. The molecular formula is C20H23N3O3. The molecule has 136 valence electrons. The molecule has 0 radical (unpaired) electrons. The van der Waals surface area contributed by atoms with Gasteiger partial charge in [0, 0.05) is 11.9 Å². The summed E-state index contributed by atoms with van der Waals surface area (Å²) in [6.45, 7) is 8.17. The number of aromatic nitrogens is 2. The third-order valence-corrected chi connectivity index (χ3v) is 4.16. The van der Waals surface area contributed by atoms with Gasteiger partial charge in [-0.2, -0.15) is 5.10 Å². The first-order valence-corrected chi connectivity index (χ1v) is 8.74. The van der Waals surface area contributed by atoms with Crippen molar-refractivity contribution in [1.29, 1.82) is 0 Å². The molecule has 0 aliphatic heterocycles. The predicted molar refractivity (Wildman–Crippen MR) is 100 cm³/mol. The fourth-order valence-electron chi connectivity index (χ4n) is 2.89. The number of rotatable bonds is 5. The van der Waals surface area contributed by atoms with Crippen LogP contribution in [-0.4, -0.2) is 15.7 Å². The first-order chi connectivity index (χ1) is 12.4. The van der Waals surface area contributed by atoms with Crippen molar-refractivity contribution in [2.75, 3.05) is 0 Å². The first-order valence-electron chi connectivity index (χ1n) is 8.74. The molecule has 1 N–H and O–H groups in total. The monoisotopic (exact) mass is 353 g/mol. The summed E-state index contributed by atoms with van der Waals surface area (Å²) in [5.74, 6) is 1.37. The summed E-state index contributed by atoms with van der Waals surface area (Å²) >= 11 is 0. The van der Waals surface area contributed by atoms with E-state index in [0.717, 1.165) is 5.76 Å². The summed E-state index contributed by atoms with van der Waals surface area (Å²) in [5, 5.41) is 8.31. The highest BCUT2D eigenvalue weighted by atomic mass is 16.3. The number of nitrogens with one attached hydrogen (secondary N) is 1. The van der Waals surface area contributed by atoms with Gasteiger partial charge >= 0.3 is 0 Å². The molecule has 1 aromatic carbocycles. The minimum Gasteiger partial charge on any atom is -0.464 e. The van der Waals surface area contributed by atoms with E-state index in [9.17, 15) is 9.59 Å². The highest BCUT2D eigenvalue weighted by molar-refractivity contribution is 6.04. The number of amides is 1. The summed E-state index contributed by atoms with van der Waals surface area (Å²) in [5.41, 5.74) is 0.0662. The van der Waals surface area contributed by atoms with E-state index in [1.165, 1.54) is 4.68 Å². The highest BCUT2D eigenvalue weighted by Crippen LogP contribution is 2.18. The van der Waals surface area contributed by atoms with Crippen molar-refractivity contribution in [2.24, 2.45) is 5.92 Å². The lowest BCUT2D eigenvalue weighted by Crippen LogP contribution is -2.32. The second kappa shape index (κ2) is 7.15. The molecule has 1 atom stereocenters. The standard InChI is InChI=1S/C20H23N3O3/c1-12(2)11-23-20(25)16-8-6-5-7-15(16)18(22-23)19(24)21-14(4)17-10-9-13(3)26-17/h5-10,12,14H,11H2,1-4H3,(H,21,24). The van der Waals surface area contributed by atoms with E-state index in [0.29, 0.717) is 23.1 Å². The van der Waals surface area contributed by atoms with Gasteiger partial charge in [-0.1, -0.05) is 32.0 Å². The average Bonchev–Trinajstić information content (AvgIpc) is 3.03. The third-order valence-electron chi connectivity index (χ3n) is 4.16. The van der Waals surface area contributed by atoms with Crippen LogP contribution in [0.2, 0.25) is 0 Å². The number of hydrogen-bond donors (Lipinski definition) is 1. The molecule has 0 bridgehead atoms. The number of nitrogens with zero attached hydrogens (tertiary/aromatic N) is 2. The minimum absolute atomic E-state index is 0.180. The zero-order chi connectivity index (χ0) is 18.8. The Balaban J connectivity index is 2.01. The van der Waals surface area contributed by atoms with E-state index >= 15 is 0 Å². The molecule has 2 heterocycles. The Hall–Kier alpha value is -2.89. The fraction of sp³-hybridized carbons (Fsp3) is 0.350. The molecule has 2 aromatic heterocycles. The molecular weight excluding hydrogens is 330 g/mol. The van der Waals surface area contributed by atoms with Crippen molar-refractivity contribution >= 4 is 16.7 Å². The molecule has 6 heteroatoms. The molecule has 0 spiro atoms. The Morgan fingerprint density at radius 2 is 1.85 bits per heavy atom. The number of fused-ring (bicyclic) bond motifs is 1. The topological polar surface area (TPSA) is 77.1 Å². The maximum absolute atomic E-state index is 12.9. The van der Waals surface area contributed by atoms with Crippen LogP contribution in [0.5, 0.6) is 0 Å². The molecule has 26 heavy (non-hydrogen) atoms. The lowest BCUT2D eigenvalue weighted by atomic mass is 10.1. The Morgan fingerprint density at radius 3 is 2.46 bits per heavy atom. The maximum Gasteiger partial charge on any atom is 0.274 e. The van der Waals surface area contributed by atoms with E-state index in [4.69, 9.17) is 4.42 Å². The Bertz CT molecular complexity index is 1000. The second-order valence-electron chi connectivity index (χ2n) is 6.92. The smallest absolute Gasteiger partial charge is 0.274 e. The predicted octanol–water partition coefficient (Wildman–Crippen LogP) is 3.44. The van der Waals surface area contributed by atoms with Gasteiger partial charge in [-0.3, -0.25) is 9.59 Å².